The van der Waals surface area contributed by atoms with E-state index >= 15 is 0 Å². The predicted molar refractivity (Wildman–Crippen MR) is 70.1 cm³/mol. The average Bonchev–Trinajstić information content (AvgIpc) is 2.21. The van der Waals surface area contributed by atoms with E-state index in [1.165, 1.54) is 6.07 Å². The smallest absolute Gasteiger partial charge is 0.148 e. The maximum Gasteiger partial charge on any atom is 0.148 e. The van der Waals surface area contributed by atoms with Gasteiger partial charge in [-0.15, -0.1) is 0 Å². The summed E-state index contributed by atoms with van der Waals surface area (Å²) in [5.74, 6) is -1.41. The summed E-state index contributed by atoms with van der Waals surface area (Å²) in [6.07, 6.45) is 1.12. The van der Waals surface area contributed by atoms with Crippen LogP contribution in [0.15, 0.2) is 16.6 Å². The zero-order chi connectivity index (χ0) is 13.9. The first-order chi connectivity index (χ1) is 8.20. The molecule has 0 heterocycles. The molecule has 0 aromatic heterocycles. The molecule has 102 valence electrons. The second-order valence-corrected chi connectivity index (χ2v) is 7.24. The van der Waals surface area contributed by atoms with Crippen LogP contribution in [0.5, 0.6) is 0 Å². The van der Waals surface area contributed by atoms with Gasteiger partial charge in [-0.05, 0) is 35.0 Å². The van der Waals surface area contributed by atoms with Crippen LogP contribution >= 0.6 is 15.9 Å². The fourth-order valence-electron chi connectivity index (χ4n) is 1.52. The van der Waals surface area contributed by atoms with Crippen molar-refractivity contribution in [1.82, 2.24) is 5.32 Å². The van der Waals surface area contributed by atoms with Crippen molar-refractivity contribution in [2.75, 3.05) is 12.0 Å². The van der Waals surface area contributed by atoms with Crippen LogP contribution in [0.25, 0.3) is 0 Å². The van der Waals surface area contributed by atoms with Crippen LogP contribution in [0.2, 0.25) is 0 Å². The Hall–Kier alpha value is -0.530. The first-order valence-corrected chi connectivity index (χ1v) is 8.09. The van der Waals surface area contributed by atoms with Gasteiger partial charge in [-0.1, -0.05) is 0 Å². The van der Waals surface area contributed by atoms with E-state index < -0.39 is 21.5 Å². The number of sulfone groups is 1. The Morgan fingerprint density at radius 2 is 2.00 bits per heavy atom. The molecule has 3 nitrogen and oxygen atoms in total. The van der Waals surface area contributed by atoms with Crippen LogP contribution in [-0.4, -0.2) is 26.5 Å². The van der Waals surface area contributed by atoms with Crippen molar-refractivity contribution in [2.24, 2.45) is 0 Å². The van der Waals surface area contributed by atoms with Crippen molar-refractivity contribution >= 4 is 25.8 Å². The van der Waals surface area contributed by atoms with Crippen molar-refractivity contribution in [3.8, 4) is 0 Å². The molecule has 1 aromatic rings. The minimum Gasteiger partial charge on any atom is -0.309 e. The molecule has 1 aromatic carbocycles. The van der Waals surface area contributed by atoms with Gasteiger partial charge in [0.05, 0.1) is 10.2 Å². The Labute approximate surface area is 114 Å². The van der Waals surface area contributed by atoms with E-state index in [-0.39, 0.29) is 28.4 Å². The summed E-state index contributed by atoms with van der Waals surface area (Å²) in [4.78, 5) is 0. The molecule has 1 atom stereocenters. The molecule has 0 spiro atoms. The summed E-state index contributed by atoms with van der Waals surface area (Å²) in [6.45, 7) is 1.59. The normalized spacial score (nSPS) is 13.6. The monoisotopic (exact) mass is 341 g/mol. The second kappa shape index (κ2) is 6.08. The lowest BCUT2D eigenvalue weighted by Gasteiger charge is -2.14. The van der Waals surface area contributed by atoms with Gasteiger partial charge in [-0.25, -0.2) is 17.2 Å². The fourth-order valence-corrected chi connectivity index (χ4v) is 2.92. The molecule has 0 aliphatic heterocycles. The summed E-state index contributed by atoms with van der Waals surface area (Å²) in [5.41, 5.74) is -0.107. The van der Waals surface area contributed by atoms with Gasteiger partial charge < -0.3 is 5.32 Å². The highest BCUT2D eigenvalue weighted by molar-refractivity contribution is 9.10. The molecule has 18 heavy (non-hydrogen) atoms. The fraction of sp³-hybridized carbons (Fsp3) is 0.455. The summed E-state index contributed by atoms with van der Waals surface area (Å²) in [5, 5.41) is 2.78. The lowest BCUT2D eigenvalue weighted by Crippen LogP contribution is -2.32. The lowest BCUT2D eigenvalue weighted by molar-refractivity contribution is 0.509. The third-order valence-corrected chi connectivity index (χ3v) is 4.04. The van der Waals surface area contributed by atoms with Gasteiger partial charge in [0.1, 0.15) is 21.5 Å². The molecule has 0 bridgehead atoms. The highest BCUT2D eigenvalue weighted by Crippen LogP contribution is 2.21. The number of hydrogen-bond acceptors (Lipinski definition) is 3. The number of halogens is 3. The molecular formula is C11H14BrF2NO2S. The molecule has 1 unspecified atom stereocenters. The Morgan fingerprint density at radius 3 is 2.56 bits per heavy atom. The Morgan fingerprint density at radius 1 is 1.39 bits per heavy atom. The van der Waals surface area contributed by atoms with E-state index in [2.05, 4.69) is 21.2 Å². The van der Waals surface area contributed by atoms with E-state index in [0.717, 1.165) is 12.3 Å². The predicted octanol–water partition coefficient (Wildman–Crippen LogP) is 2.25. The maximum atomic E-state index is 13.6. The zero-order valence-electron chi connectivity index (χ0n) is 10.0. The van der Waals surface area contributed by atoms with Gasteiger partial charge in [0, 0.05) is 24.4 Å². The van der Waals surface area contributed by atoms with Crippen LogP contribution < -0.4 is 5.32 Å². The van der Waals surface area contributed by atoms with Gasteiger partial charge in [0.25, 0.3) is 0 Å². The molecule has 0 aliphatic rings. The van der Waals surface area contributed by atoms with Crippen LogP contribution in [0, 0.1) is 11.6 Å². The van der Waals surface area contributed by atoms with Crippen molar-refractivity contribution in [1.29, 1.82) is 0 Å². The molecule has 0 fully saturated rings. The maximum absolute atomic E-state index is 13.6. The van der Waals surface area contributed by atoms with Crippen molar-refractivity contribution in [3.63, 3.8) is 0 Å². The second-order valence-electron chi connectivity index (χ2n) is 4.20. The van der Waals surface area contributed by atoms with Crippen molar-refractivity contribution in [3.05, 3.63) is 33.8 Å². The molecular weight excluding hydrogens is 328 g/mol. The van der Waals surface area contributed by atoms with Crippen LogP contribution in [-0.2, 0) is 16.4 Å². The molecule has 0 radical (unpaired) electrons. The number of nitrogens with one attached hydrogen (secondary N) is 1. The van der Waals surface area contributed by atoms with Crippen LogP contribution in [0.3, 0.4) is 0 Å². The summed E-state index contributed by atoms with van der Waals surface area (Å²) >= 11 is 2.97. The largest absolute Gasteiger partial charge is 0.309 e. The number of rotatable bonds is 5. The first kappa shape index (κ1) is 15.5. The van der Waals surface area contributed by atoms with Gasteiger partial charge in [-0.3, -0.25) is 0 Å². The highest BCUT2D eigenvalue weighted by Gasteiger charge is 2.15. The van der Waals surface area contributed by atoms with Gasteiger partial charge in [-0.2, -0.15) is 0 Å². The molecule has 0 saturated carbocycles. The zero-order valence-corrected chi connectivity index (χ0v) is 12.4. The quantitative estimate of drug-likeness (QED) is 0.835. The standard InChI is InChI=1S/C11H14BrF2NO2S/c1-7(6-18(2,16)17)15-5-8-10(13)4-3-9(12)11(8)14/h3-4,7,15H,5-6H2,1-2H3. The molecule has 1 N–H and O–H groups in total. The van der Waals surface area contributed by atoms with Gasteiger partial charge in [0.2, 0.25) is 0 Å². The summed E-state index contributed by atoms with van der Waals surface area (Å²) in [6, 6.07) is 2.07. The summed E-state index contributed by atoms with van der Waals surface area (Å²) in [7, 11) is -3.12. The minimum atomic E-state index is -3.12. The van der Waals surface area contributed by atoms with E-state index in [9.17, 15) is 17.2 Å². The van der Waals surface area contributed by atoms with E-state index in [1.54, 1.807) is 6.92 Å². The molecule has 7 heteroatoms. The molecule has 0 amide bonds. The lowest BCUT2D eigenvalue weighted by atomic mass is 10.2. The minimum absolute atomic E-state index is 0.0617. The molecule has 0 aliphatic carbocycles. The topological polar surface area (TPSA) is 46.2 Å². The van der Waals surface area contributed by atoms with E-state index in [1.807, 2.05) is 0 Å². The Kier molecular flexibility index (Phi) is 5.24. The van der Waals surface area contributed by atoms with Crippen molar-refractivity contribution < 1.29 is 17.2 Å². The average molecular weight is 342 g/mol. The Bertz CT molecular complexity index is 534. The highest BCUT2D eigenvalue weighted by atomic mass is 79.9. The molecule has 1 rings (SSSR count). The van der Waals surface area contributed by atoms with Gasteiger partial charge in [0.15, 0.2) is 0 Å². The third-order valence-electron chi connectivity index (χ3n) is 2.32. The van der Waals surface area contributed by atoms with Gasteiger partial charge >= 0.3 is 0 Å². The van der Waals surface area contributed by atoms with E-state index in [4.69, 9.17) is 0 Å². The van der Waals surface area contributed by atoms with E-state index in [0.29, 0.717) is 0 Å². The number of hydrogen-bond donors (Lipinski definition) is 1. The van der Waals surface area contributed by atoms with Crippen molar-refractivity contribution in [2.45, 2.75) is 19.5 Å². The third kappa shape index (κ3) is 4.62. The van der Waals surface area contributed by atoms with Crippen LogP contribution in [0.1, 0.15) is 12.5 Å². The molecule has 0 saturated heterocycles. The first-order valence-electron chi connectivity index (χ1n) is 5.24. The summed E-state index contributed by atoms with van der Waals surface area (Å²) < 4.78 is 49.3. The van der Waals surface area contributed by atoms with Crippen LogP contribution in [0.4, 0.5) is 8.78 Å². The Balaban J connectivity index is 2.72. The SMILES string of the molecule is CC(CS(C)(=O)=O)NCc1c(F)ccc(Br)c1F. The number of benzene rings is 1.